The summed E-state index contributed by atoms with van der Waals surface area (Å²) in [7, 11) is 0. The number of alkyl halides is 3. The molecule has 0 aliphatic heterocycles. The Morgan fingerprint density at radius 3 is 2.45 bits per heavy atom. The monoisotopic (exact) mass is 306 g/mol. The van der Waals surface area contributed by atoms with E-state index in [1.54, 1.807) is 10.7 Å². The lowest BCUT2D eigenvalue weighted by molar-refractivity contribution is -0.137. The van der Waals surface area contributed by atoms with Gasteiger partial charge in [0, 0.05) is 24.7 Å². The quantitative estimate of drug-likeness (QED) is 0.809. The number of benzene rings is 1. The Balaban J connectivity index is 1.87. The van der Waals surface area contributed by atoms with Crippen LogP contribution in [0.3, 0.4) is 0 Å². The fourth-order valence-corrected chi connectivity index (χ4v) is 2.23. The first kappa shape index (κ1) is 14.5. The van der Waals surface area contributed by atoms with Crippen LogP contribution in [-0.2, 0) is 19.1 Å². The molecule has 0 aliphatic carbocycles. The summed E-state index contributed by atoms with van der Waals surface area (Å²) in [4.78, 5) is 4.40. The first-order chi connectivity index (χ1) is 10.5. The van der Waals surface area contributed by atoms with Crippen molar-refractivity contribution in [2.24, 2.45) is 5.73 Å². The highest BCUT2D eigenvalue weighted by Crippen LogP contribution is 2.29. The number of nitrogens with two attached hydrogens (primary N) is 1. The van der Waals surface area contributed by atoms with Crippen LogP contribution in [0.2, 0.25) is 0 Å². The maximum absolute atomic E-state index is 12.5. The van der Waals surface area contributed by atoms with Gasteiger partial charge in [0.05, 0.1) is 5.56 Å². The highest BCUT2D eigenvalue weighted by atomic mass is 19.4. The predicted octanol–water partition coefficient (Wildman–Crippen LogP) is 2.80. The van der Waals surface area contributed by atoms with Crippen LogP contribution in [-0.4, -0.2) is 14.6 Å². The lowest BCUT2D eigenvalue weighted by Crippen LogP contribution is -2.04. The number of halogens is 3. The van der Waals surface area contributed by atoms with Gasteiger partial charge in [0.1, 0.15) is 0 Å². The fraction of sp³-hybridized carbons (Fsp3) is 0.200. The van der Waals surface area contributed by atoms with Crippen LogP contribution in [0.5, 0.6) is 0 Å². The van der Waals surface area contributed by atoms with Crippen molar-refractivity contribution in [2.45, 2.75) is 19.1 Å². The first-order valence-corrected chi connectivity index (χ1v) is 6.67. The molecule has 4 nitrogen and oxygen atoms in total. The van der Waals surface area contributed by atoms with E-state index in [0.29, 0.717) is 24.4 Å². The molecule has 0 atom stereocenters. The van der Waals surface area contributed by atoms with Gasteiger partial charge in [0.25, 0.3) is 0 Å². The van der Waals surface area contributed by atoms with Crippen LogP contribution in [0, 0.1) is 0 Å². The molecule has 0 fully saturated rings. The molecule has 7 heteroatoms. The van der Waals surface area contributed by atoms with Gasteiger partial charge >= 0.3 is 6.18 Å². The number of aromatic nitrogens is 3. The molecule has 0 saturated carbocycles. The Morgan fingerprint density at radius 1 is 1.09 bits per heavy atom. The highest BCUT2D eigenvalue weighted by molar-refractivity contribution is 5.47. The predicted molar refractivity (Wildman–Crippen MR) is 75.1 cm³/mol. The molecule has 3 rings (SSSR count). The average molecular weight is 306 g/mol. The minimum atomic E-state index is -4.32. The minimum Gasteiger partial charge on any atom is -0.326 e. The number of fused-ring (bicyclic) bond motifs is 1. The van der Waals surface area contributed by atoms with Crippen molar-refractivity contribution in [1.82, 2.24) is 14.6 Å². The van der Waals surface area contributed by atoms with E-state index in [2.05, 4.69) is 10.1 Å². The van der Waals surface area contributed by atoms with E-state index in [1.807, 2.05) is 12.1 Å². The van der Waals surface area contributed by atoms with Gasteiger partial charge in [0.2, 0.25) is 0 Å². The van der Waals surface area contributed by atoms with Gasteiger partial charge in [-0.15, -0.1) is 0 Å². The van der Waals surface area contributed by atoms with E-state index in [4.69, 9.17) is 5.73 Å². The molecule has 2 heterocycles. The van der Waals surface area contributed by atoms with E-state index in [1.165, 1.54) is 12.1 Å². The smallest absolute Gasteiger partial charge is 0.326 e. The third kappa shape index (κ3) is 2.80. The maximum atomic E-state index is 12.5. The molecule has 0 bridgehead atoms. The normalized spacial score (nSPS) is 12.0. The van der Waals surface area contributed by atoms with Crippen molar-refractivity contribution in [1.29, 1.82) is 0 Å². The zero-order valence-corrected chi connectivity index (χ0v) is 11.5. The van der Waals surface area contributed by atoms with Gasteiger partial charge in [-0.25, -0.2) is 9.50 Å². The lowest BCUT2D eigenvalue weighted by atomic mass is 10.1. The molecule has 114 valence electrons. The molecule has 0 amide bonds. The summed E-state index contributed by atoms with van der Waals surface area (Å²) in [5.41, 5.74) is 7.25. The van der Waals surface area contributed by atoms with Gasteiger partial charge in [-0.3, -0.25) is 0 Å². The second-order valence-electron chi connectivity index (χ2n) is 4.91. The van der Waals surface area contributed by atoms with E-state index >= 15 is 0 Å². The van der Waals surface area contributed by atoms with Crippen LogP contribution in [0.15, 0.2) is 42.6 Å². The van der Waals surface area contributed by atoms with Crippen molar-refractivity contribution in [3.05, 3.63) is 65.1 Å². The molecule has 0 saturated heterocycles. The van der Waals surface area contributed by atoms with Gasteiger partial charge in [-0.1, -0.05) is 18.2 Å². The molecule has 0 radical (unpaired) electrons. The summed E-state index contributed by atoms with van der Waals surface area (Å²) in [5.74, 6) is 0.542. The zero-order chi connectivity index (χ0) is 15.7. The van der Waals surface area contributed by atoms with Crippen LogP contribution < -0.4 is 5.73 Å². The van der Waals surface area contributed by atoms with Crippen LogP contribution in [0.1, 0.15) is 22.5 Å². The van der Waals surface area contributed by atoms with Gasteiger partial charge in [-0.05, 0) is 23.8 Å². The van der Waals surface area contributed by atoms with E-state index in [-0.39, 0.29) is 0 Å². The van der Waals surface area contributed by atoms with E-state index < -0.39 is 11.7 Å². The second kappa shape index (κ2) is 5.42. The van der Waals surface area contributed by atoms with Gasteiger partial charge < -0.3 is 5.73 Å². The molecule has 0 unspecified atom stereocenters. The average Bonchev–Trinajstić information content (AvgIpc) is 2.89. The molecule has 0 spiro atoms. The third-order valence-corrected chi connectivity index (χ3v) is 3.35. The fourth-order valence-electron chi connectivity index (χ4n) is 2.23. The number of nitrogens with zero attached hydrogens (tertiary/aromatic N) is 3. The van der Waals surface area contributed by atoms with E-state index in [0.717, 1.165) is 23.3 Å². The van der Waals surface area contributed by atoms with E-state index in [9.17, 15) is 13.2 Å². The molecule has 2 N–H and O–H groups in total. The number of pyridine rings is 1. The van der Waals surface area contributed by atoms with Crippen molar-refractivity contribution >= 4 is 5.65 Å². The summed E-state index contributed by atoms with van der Waals surface area (Å²) >= 11 is 0. The van der Waals surface area contributed by atoms with Crippen LogP contribution >= 0.6 is 0 Å². The summed E-state index contributed by atoms with van der Waals surface area (Å²) in [6.07, 6.45) is -2.20. The summed E-state index contributed by atoms with van der Waals surface area (Å²) < 4.78 is 39.2. The summed E-state index contributed by atoms with van der Waals surface area (Å²) in [5, 5.41) is 4.32. The number of rotatable bonds is 3. The molecule has 3 aromatic rings. The minimum absolute atomic E-state index is 0.350. The van der Waals surface area contributed by atoms with Crippen molar-refractivity contribution < 1.29 is 13.2 Å². The Kier molecular flexibility index (Phi) is 3.58. The standard InChI is InChI=1S/C15H13F3N4/c16-15(17,18)12-5-3-10(4-6-12)8-13-20-14-11(9-19)2-1-7-22(14)21-13/h1-7H,8-9,19H2. The molecular weight excluding hydrogens is 293 g/mol. The van der Waals surface area contributed by atoms with Crippen molar-refractivity contribution in [3.8, 4) is 0 Å². The van der Waals surface area contributed by atoms with Crippen molar-refractivity contribution in [2.75, 3.05) is 0 Å². The molecule has 1 aromatic carbocycles. The maximum Gasteiger partial charge on any atom is 0.416 e. The second-order valence-corrected chi connectivity index (χ2v) is 4.91. The highest BCUT2D eigenvalue weighted by Gasteiger charge is 2.29. The number of hydrogen-bond donors (Lipinski definition) is 1. The lowest BCUT2D eigenvalue weighted by Gasteiger charge is -2.06. The Hall–Kier alpha value is -2.41. The third-order valence-electron chi connectivity index (χ3n) is 3.35. The Labute approximate surface area is 124 Å². The Bertz CT molecular complexity index is 791. The largest absolute Gasteiger partial charge is 0.416 e. The first-order valence-electron chi connectivity index (χ1n) is 6.67. The Morgan fingerprint density at radius 2 is 1.82 bits per heavy atom. The SMILES string of the molecule is NCc1cccn2nc(Cc3ccc(C(F)(F)F)cc3)nc12. The molecular formula is C15H13F3N4. The van der Waals surface area contributed by atoms with Crippen LogP contribution in [0.4, 0.5) is 13.2 Å². The number of hydrogen-bond acceptors (Lipinski definition) is 3. The molecule has 22 heavy (non-hydrogen) atoms. The topological polar surface area (TPSA) is 56.2 Å². The van der Waals surface area contributed by atoms with Crippen molar-refractivity contribution in [3.63, 3.8) is 0 Å². The zero-order valence-electron chi connectivity index (χ0n) is 11.5. The van der Waals surface area contributed by atoms with Gasteiger partial charge in [-0.2, -0.15) is 18.3 Å². The van der Waals surface area contributed by atoms with Crippen LogP contribution in [0.25, 0.3) is 5.65 Å². The summed E-state index contributed by atoms with van der Waals surface area (Å²) in [6.45, 7) is 0.350. The molecule has 2 aromatic heterocycles. The summed E-state index contributed by atoms with van der Waals surface area (Å²) in [6, 6.07) is 8.71. The van der Waals surface area contributed by atoms with Gasteiger partial charge in [0.15, 0.2) is 11.5 Å². The molecule has 0 aliphatic rings.